The van der Waals surface area contributed by atoms with E-state index in [9.17, 15) is 19.1 Å². The first-order valence-corrected chi connectivity index (χ1v) is 8.84. The number of allylic oxidation sites excluding steroid dienone is 2. The van der Waals surface area contributed by atoms with Crippen molar-refractivity contribution in [2.75, 3.05) is 0 Å². The van der Waals surface area contributed by atoms with Crippen molar-refractivity contribution < 1.29 is 19.1 Å². The molecule has 0 bridgehead atoms. The molecule has 0 saturated heterocycles. The highest BCUT2D eigenvalue weighted by Gasteiger charge is 2.31. The Morgan fingerprint density at radius 2 is 2.00 bits per heavy atom. The van der Waals surface area contributed by atoms with Crippen LogP contribution in [0, 0.1) is 11.8 Å². The van der Waals surface area contributed by atoms with E-state index in [0.29, 0.717) is 12.3 Å². The van der Waals surface area contributed by atoms with E-state index in [1.165, 1.54) is 13.0 Å². The maximum atomic E-state index is 11.3. The molecule has 3 atom stereocenters. The zero-order valence-corrected chi connectivity index (χ0v) is 15.8. The largest absolute Gasteiger partial charge is 0.808 e. The Bertz CT molecular complexity index is 439. The molecule has 0 aromatic rings. The van der Waals surface area contributed by atoms with E-state index in [2.05, 4.69) is 31.8 Å². The number of rotatable bonds is 5. The average Bonchev–Trinajstić information content (AvgIpc) is 2.25. The van der Waals surface area contributed by atoms with Gasteiger partial charge in [0, 0.05) is 18.2 Å². The molecule has 9 N–H and O–H groups in total. The summed E-state index contributed by atoms with van der Waals surface area (Å²) in [7, 11) is -4.67. The maximum Gasteiger partial charge on any atom is 0.217 e. The van der Waals surface area contributed by atoms with Gasteiger partial charge >= 0.3 is 0 Å². The molecule has 1 amide bonds. The van der Waals surface area contributed by atoms with Gasteiger partial charge in [-0.15, -0.1) is 0 Å². The molecule has 0 aromatic carbocycles. The van der Waals surface area contributed by atoms with Crippen molar-refractivity contribution in [3.63, 3.8) is 0 Å². The lowest BCUT2D eigenvalue weighted by molar-refractivity contribution is -0.310. The van der Waals surface area contributed by atoms with Gasteiger partial charge in [-0.3, -0.25) is 4.79 Å². The van der Waals surface area contributed by atoms with E-state index in [1.807, 2.05) is 0 Å². The molecular weight excluding hydrogens is 325 g/mol. The summed E-state index contributed by atoms with van der Waals surface area (Å²) in [6, 6.07) is -0.0505. The third-order valence-electron chi connectivity index (χ3n) is 3.52. The Hall–Kier alpha value is -0.370. The number of quaternary nitrogens is 2. The van der Waals surface area contributed by atoms with Crippen LogP contribution >= 0.6 is 20.2 Å². The van der Waals surface area contributed by atoms with Gasteiger partial charge in [0.1, 0.15) is 0 Å². The average molecular weight is 355 g/mol. The van der Waals surface area contributed by atoms with Crippen LogP contribution in [0.1, 0.15) is 40.0 Å². The van der Waals surface area contributed by atoms with E-state index in [4.69, 9.17) is 0 Å². The van der Waals surface area contributed by atoms with Crippen LogP contribution in [-0.4, -0.2) is 17.2 Å². The third kappa shape index (κ3) is 7.26. The minimum Gasteiger partial charge on any atom is -0.808 e. The Labute approximate surface area is 138 Å². The normalized spacial score (nSPS) is 23.0. The van der Waals surface area contributed by atoms with Gasteiger partial charge in [-0.1, -0.05) is 19.9 Å². The Morgan fingerprint density at radius 3 is 2.36 bits per heavy atom. The van der Waals surface area contributed by atoms with Gasteiger partial charge in [-0.25, -0.2) is 0 Å². The Balaban J connectivity index is 0. The van der Waals surface area contributed by atoms with Crippen LogP contribution in [0.15, 0.2) is 11.4 Å². The molecule has 0 unspecified atom stereocenters. The minimum atomic E-state index is -4.67. The van der Waals surface area contributed by atoms with Gasteiger partial charge in [0.05, 0.1) is 0 Å². The van der Waals surface area contributed by atoms with Crippen LogP contribution < -0.4 is 27.4 Å². The second-order valence-electron chi connectivity index (χ2n) is 5.80. The van der Waals surface area contributed by atoms with Gasteiger partial charge in [-0.2, -0.15) is 12.6 Å². The molecule has 9 heteroatoms. The van der Waals surface area contributed by atoms with Crippen molar-refractivity contribution >= 4 is 26.1 Å². The van der Waals surface area contributed by atoms with Crippen LogP contribution in [0.3, 0.4) is 0 Å². The lowest BCUT2D eigenvalue weighted by Crippen LogP contribution is -2.44. The summed E-state index contributed by atoms with van der Waals surface area (Å²) in [4.78, 5) is 33.4. The second-order valence-corrected chi connectivity index (χ2v) is 8.03. The molecule has 0 radical (unpaired) electrons. The van der Waals surface area contributed by atoms with E-state index in [-0.39, 0.29) is 47.2 Å². The number of thiol groups is 1. The number of carbonyl (C=O) groups excluding carboxylic acids is 1. The predicted octanol–water partition coefficient (Wildman–Crippen LogP) is 1.80. The lowest BCUT2D eigenvalue weighted by Gasteiger charge is -2.41. The molecule has 22 heavy (non-hydrogen) atoms. The van der Waals surface area contributed by atoms with Gasteiger partial charge in [0.15, 0.2) is 0 Å². The first-order valence-electron chi connectivity index (χ1n) is 6.78. The van der Waals surface area contributed by atoms with Gasteiger partial charge in [-0.05, 0) is 44.0 Å². The highest BCUT2D eigenvalue weighted by molar-refractivity contribution is 7.81. The first kappa shape index (κ1) is 23.9. The monoisotopic (exact) mass is 355 g/mol. The van der Waals surface area contributed by atoms with Crippen LogP contribution in [-0.2, 0) is 9.36 Å². The summed E-state index contributed by atoms with van der Waals surface area (Å²) < 4.78 is 11.1. The summed E-state index contributed by atoms with van der Waals surface area (Å²) in [6.45, 7) is 5.60. The summed E-state index contributed by atoms with van der Waals surface area (Å²) in [5, 5.41) is 2.63. The lowest BCUT2D eigenvalue weighted by atomic mass is 9.83. The quantitative estimate of drug-likeness (QED) is 0.436. The summed E-state index contributed by atoms with van der Waals surface area (Å²) in [5.74, 6) is 0.340. The number of hydrogen-bond acceptors (Lipinski definition) is 5. The zero-order valence-electron chi connectivity index (χ0n) is 14.0. The molecule has 0 spiro atoms. The summed E-state index contributed by atoms with van der Waals surface area (Å²) >= 11 is 4.44. The van der Waals surface area contributed by atoms with Crippen LogP contribution in [0.4, 0.5) is 0 Å². The molecule has 7 nitrogen and oxygen atoms in total. The van der Waals surface area contributed by atoms with Crippen molar-refractivity contribution in [1.29, 1.82) is 0 Å². The fourth-order valence-electron chi connectivity index (χ4n) is 2.64. The molecule has 0 saturated carbocycles. The number of nitrogens with one attached hydrogen (secondary N) is 1. The molecule has 132 valence electrons. The highest BCUT2D eigenvalue weighted by Crippen LogP contribution is 2.45. The standard InChI is InChI=1S/C13H24NO4PS.2H3N/c1-8(2)6-12(14-9(3)15)11-5-4-10(7-13(11)20)19(16,17)18;;/h4,8,11-13,20H,5-7H2,1-3H3,(H,14,15)(H2,16,17,18);2*1H3/t11-,12-,13-;;/m0../s1. The first-order chi connectivity index (χ1) is 9.11. The topological polar surface area (TPSA) is 165 Å². The second kappa shape index (κ2) is 9.70. The van der Waals surface area contributed by atoms with Crippen molar-refractivity contribution in [3.8, 4) is 0 Å². The zero-order chi connectivity index (χ0) is 15.5. The van der Waals surface area contributed by atoms with Crippen molar-refractivity contribution in [3.05, 3.63) is 11.4 Å². The van der Waals surface area contributed by atoms with E-state index in [0.717, 1.165) is 6.42 Å². The molecule has 1 rings (SSSR count). The van der Waals surface area contributed by atoms with E-state index in [1.54, 1.807) is 0 Å². The predicted molar refractivity (Wildman–Crippen MR) is 90.2 cm³/mol. The molecule has 0 aliphatic heterocycles. The molecule has 0 aromatic heterocycles. The van der Waals surface area contributed by atoms with Crippen molar-refractivity contribution in [2.24, 2.45) is 11.8 Å². The fourth-order valence-corrected chi connectivity index (χ4v) is 4.06. The smallest absolute Gasteiger partial charge is 0.217 e. The minimum absolute atomic E-state index is 0. The summed E-state index contributed by atoms with van der Waals surface area (Å²) in [6.07, 6.45) is 2.89. The van der Waals surface area contributed by atoms with Crippen molar-refractivity contribution in [2.45, 2.75) is 51.3 Å². The Kier molecular flexibility index (Phi) is 10.5. The fraction of sp³-hybridized carbons (Fsp3) is 0.769. The molecule has 0 heterocycles. The maximum absolute atomic E-state index is 11.3. The molecule has 1 aliphatic carbocycles. The number of carbonyl (C=O) groups is 1. The van der Waals surface area contributed by atoms with E-state index >= 15 is 0 Å². The third-order valence-corrected chi connectivity index (χ3v) is 5.15. The van der Waals surface area contributed by atoms with E-state index < -0.39 is 7.60 Å². The van der Waals surface area contributed by atoms with Crippen LogP contribution in [0.2, 0.25) is 0 Å². The van der Waals surface area contributed by atoms with Gasteiger partial charge < -0.3 is 32.0 Å². The number of amides is 1. The number of hydrogen-bond donors (Lipinski definition) is 4. The SMILES string of the molecule is CC(=O)N[C@@H](CC(C)C)[C@@H]1CC=C(P(=O)([O-])[O-])C[C@@H]1S.[NH4+].[NH4+]. The van der Waals surface area contributed by atoms with Crippen LogP contribution in [0.25, 0.3) is 0 Å². The molecular formula is C13H30N3O4PS. The molecule has 0 fully saturated rings. The van der Waals surface area contributed by atoms with Gasteiger partial charge in [0.25, 0.3) is 0 Å². The molecule has 1 aliphatic rings. The summed E-state index contributed by atoms with van der Waals surface area (Å²) in [5.41, 5.74) is 0. The highest BCUT2D eigenvalue weighted by atomic mass is 32.1. The van der Waals surface area contributed by atoms with Crippen molar-refractivity contribution in [1.82, 2.24) is 17.6 Å². The van der Waals surface area contributed by atoms with Gasteiger partial charge in [0.2, 0.25) is 5.91 Å². The Morgan fingerprint density at radius 1 is 1.45 bits per heavy atom. The van der Waals surface area contributed by atoms with Crippen LogP contribution in [0.5, 0.6) is 0 Å².